The van der Waals surface area contributed by atoms with Gasteiger partial charge in [-0.3, -0.25) is 4.79 Å². The zero-order valence-electron chi connectivity index (χ0n) is 10.9. The molecule has 0 bridgehead atoms. The van der Waals surface area contributed by atoms with E-state index < -0.39 is 21.5 Å². The lowest BCUT2D eigenvalue weighted by Crippen LogP contribution is -2.56. The van der Waals surface area contributed by atoms with Crippen LogP contribution in [0.5, 0.6) is 0 Å². The molecule has 1 atom stereocenters. The first-order valence-electron chi connectivity index (χ1n) is 6.80. The van der Waals surface area contributed by atoms with E-state index in [1.54, 1.807) is 0 Å². The smallest absolute Gasteiger partial charge is 0.324 e. The summed E-state index contributed by atoms with van der Waals surface area (Å²) in [7, 11) is -3.62. The van der Waals surface area contributed by atoms with Crippen LogP contribution in [0.3, 0.4) is 0 Å². The quantitative estimate of drug-likeness (QED) is 0.784. The molecule has 0 aromatic rings. The van der Waals surface area contributed by atoms with Gasteiger partial charge >= 0.3 is 5.97 Å². The van der Waals surface area contributed by atoms with Crippen LogP contribution in [0.2, 0.25) is 0 Å². The van der Waals surface area contributed by atoms with E-state index in [9.17, 15) is 18.3 Å². The highest BCUT2D eigenvalue weighted by atomic mass is 32.2. The summed E-state index contributed by atoms with van der Waals surface area (Å²) in [5.74, 6) is -1.20. The fourth-order valence-corrected chi connectivity index (χ4v) is 4.60. The van der Waals surface area contributed by atoms with E-state index >= 15 is 0 Å². The summed E-state index contributed by atoms with van der Waals surface area (Å²) >= 11 is 0. The first-order valence-corrected chi connectivity index (χ1v) is 8.45. The van der Waals surface area contributed by atoms with Gasteiger partial charge in [-0.1, -0.05) is 19.3 Å². The predicted molar refractivity (Wildman–Crippen MR) is 69.3 cm³/mol. The number of hydrogen-bond acceptors (Lipinski definition) is 4. The molecule has 2 fully saturated rings. The van der Waals surface area contributed by atoms with Gasteiger partial charge in [-0.05, 0) is 25.7 Å². The molecule has 2 rings (SSSR count). The number of aliphatic carboxylic acids is 1. The van der Waals surface area contributed by atoms with Gasteiger partial charge in [0.05, 0.1) is 11.9 Å². The zero-order valence-corrected chi connectivity index (χ0v) is 11.7. The maximum Gasteiger partial charge on any atom is 0.324 e. The Morgan fingerprint density at radius 2 is 1.95 bits per heavy atom. The highest BCUT2D eigenvalue weighted by Gasteiger charge is 2.43. The van der Waals surface area contributed by atoms with Crippen molar-refractivity contribution in [2.24, 2.45) is 0 Å². The second-order valence-electron chi connectivity index (χ2n) is 5.47. The Kier molecular flexibility index (Phi) is 4.47. The number of nitrogens with one attached hydrogen (secondary N) is 1. The number of hydrogen-bond donors (Lipinski definition) is 2. The number of ether oxygens (including phenoxy) is 1. The van der Waals surface area contributed by atoms with Crippen molar-refractivity contribution in [1.82, 2.24) is 4.72 Å². The summed E-state index contributed by atoms with van der Waals surface area (Å²) in [6, 6.07) is 0. The van der Waals surface area contributed by atoms with Crippen molar-refractivity contribution < 1.29 is 23.1 Å². The first-order chi connectivity index (χ1) is 8.94. The summed E-state index contributed by atoms with van der Waals surface area (Å²) in [6.45, 7) is 0.588. The van der Waals surface area contributed by atoms with Crippen LogP contribution in [-0.2, 0) is 19.6 Å². The second kappa shape index (κ2) is 5.76. The van der Waals surface area contributed by atoms with Crippen LogP contribution in [0.15, 0.2) is 0 Å². The molecule has 0 spiro atoms. The predicted octanol–water partition coefficient (Wildman–Crippen LogP) is 0.872. The van der Waals surface area contributed by atoms with Crippen molar-refractivity contribution in [1.29, 1.82) is 0 Å². The minimum absolute atomic E-state index is 0.137. The lowest BCUT2D eigenvalue weighted by atomic mass is 9.83. The average Bonchev–Trinajstić information content (AvgIpc) is 2.81. The van der Waals surface area contributed by atoms with E-state index in [1.807, 2.05) is 0 Å². The summed E-state index contributed by atoms with van der Waals surface area (Å²) < 4.78 is 32.0. The van der Waals surface area contributed by atoms with Gasteiger partial charge in [0.1, 0.15) is 5.54 Å². The van der Waals surface area contributed by atoms with Crippen LogP contribution >= 0.6 is 0 Å². The number of carboxylic acid groups (broad SMARTS) is 1. The molecule has 19 heavy (non-hydrogen) atoms. The number of rotatable bonds is 5. The van der Waals surface area contributed by atoms with Crippen LogP contribution in [0.25, 0.3) is 0 Å². The minimum atomic E-state index is -3.62. The van der Waals surface area contributed by atoms with Gasteiger partial charge in [0.25, 0.3) is 0 Å². The molecule has 110 valence electrons. The topological polar surface area (TPSA) is 92.7 Å². The van der Waals surface area contributed by atoms with Crippen LogP contribution in [-0.4, -0.2) is 43.5 Å². The summed E-state index contributed by atoms with van der Waals surface area (Å²) in [5.41, 5.74) is -1.31. The van der Waals surface area contributed by atoms with Crippen LogP contribution in [0.1, 0.15) is 44.9 Å². The van der Waals surface area contributed by atoms with E-state index in [1.165, 1.54) is 0 Å². The Morgan fingerprint density at radius 3 is 2.47 bits per heavy atom. The largest absolute Gasteiger partial charge is 0.480 e. The van der Waals surface area contributed by atoms with Crippen LogP contribution < -0.4 is 4.72 Å². The van der Waals surface area contributed by atoms with Crippen LogP contribution in [0, 0.1) is 0 Å². The van der Waals surface area contributed by atoms with Gasteiger partial charge in [0.15, 0.2) is 0 Å². The SMILES string of the molecule is O=C(O)C1(NS(=O)(=O)CC2CCCO2)CCCCC1. The van der Waals surface area contributed by atoms with Gasteiger partial charge in [-0.15, -0.1) is 0 Å². The monoisotopic (exact) mass is 291 g/mol. The number of carboxylic acids is 1. The number of sulfonamides is 1. The van der Waals surface area contributed by atoms with Gasteiger partial charge < -0.3 is 9.84 Å². The van der Waals surface area contributed by atoms with Gasteiger partial charge in [-0.25, -0.2) is 8.42 Å². The Balaban J connectivity index is 2.05. The van der Waals surface area contributed by atoms with E-state index in [0.717, 1.165) is 32.1 Å². The fourth-order valence-electron chi connectivity index (χ4n) is 2.87. The molecule has 0 aromatic heterocycles. The molecule has 0 radical (unpaired) electrons. The van der Waals surface area contributed by atoms with Crippen molar-refractivity contribution in [3.63, 3.8) is 0 Å². The molecule has 0 aromatic carbocycles. The third-order valence-corrected chi connectivity index (χ3v) is 5.41. The van der Waals surface area contributed by atoms with Crippen LogP contribution in [0.4, 0.5) is 0 Å². The Labute approximate surface area is 113 Å². The molecule has 1 saturated carbocycles. The van der Waals surface area contributed by atoms with E-state index in [4.69, 9.17) is 4.74 Å². The first kappa shape index (κ1) is 14.7. The second-order valence-corrected chi connectivity index (χ2v) is 7.23. The fraction of sp³-hybridized carbons (Fsp3) is 0.917. The third-order valence-electron chi connectivity index (χ3n) is 3.90. The number of carbonyl (C=O) groups is 1. The molecule has 2 N–H and O–H groups in total. The van der Waals surface area contributed by atoms with Gasteiger partial charge in [0.2, 0.25) is 10.0 Å². The molecule has 1 saturated heterocycles. The average molecular weight is 291 g/mol. The van der Waals surface area contributed by atoms with Crippen molar-refractivity contribution in [3.05, 3.63) is 0 Å². The molecular formula is C12H21NO5S. The van der Waals surface area contributed by atoms with E-state index in [0.29, 0.717) is 19.4 Å². The Hall–Kier alpha value is -0.660. The van der Waals surface area contributed by atoms with Crippen molar-refractivity contribution >= 4 is 16.0 Å². The standard InChI is InChI=1S/C12H21NO5S/c14-11(15)12(6-2-1-3-7-12)13-19(16,17)9-10-5-4-8-18-10/h10,13H,1-9H2,(H,14,15). The minimum Gasteiger partial charge on any atom is -0.480 e. The molecule has 7 heteroatoms. The maximum atomic E-state index is 12.1. The molecule has 1 heterocycles. The lowest BCUT2D eigenvalue weighted by molar-refractivity contribution is -0.145. The Bertz CT molecular complexity index is 421. The van der Waals surface area contributed by atoms with Crippen molar-refractivity contribution in [2.75, 3.05) is 12.4 Å². The highest BCUT2D eigenvalue weighted by Crippen LogP contribution is 2.29. The normalized spacial score (nSPS) is 27.3. The molecule has 2 aliphatic rings. The molecule has 1 aliphatic carbocycles. The zero-order chi connectivity index (χ0) is 13.9. The highest BCUT2D eigenvalue weighted by molar-refractivity contribution is 7.89. The summed E-state index contributed by atoms with van der Waals surface area (Å²) in [5, 5.41) is 9.35. The molecule has 1 aliphatic heterocycles. The van der Waals surface area contributed by atoms with Gasteiger partial charge in [0, 0.05) is 6.61 Å². The van der Waals surface area contributed by atoms with Crippen molar-refractivity contribution in [2.45, 2.75) is 56.6 Å². The summed E-state index contributed by atoms with van der Waals surface area (Å²) in [6.07, 6.45) is 4.48. The molecule has 0 amide bonds. The third kappa shape index (κ3) is 3.67. The molecular weight excluding hydrogens is 270 g/mol. The Morgan fingerprint density at radius 1 is 1.26 bits per heavy atom. The van der Waals surface area contributed by atoms with Gasteiger partial charge in [-0.2, -0.15) is 4.72 Å². The van der Waals surface area contributed by atoms with E-state index in [2.05, 4.69) is 4.72 Å². The summed E-state index contributed by atoms with van der Waals surface area (Å²) in [4.78, 5) is 11.4. The molecule has 1 unspecified atom stereocenters. The lowest BCUT2D eigenvalue weighted by Gasteiger charge is -2.33. The molecule has 6 nitrogen and oxygen atoms in total. The van der Waals surface area contributed by atoms with E-state index in [-0.39, 0.29) is 11.9 Å². The maximum absolute atomic E-state index is 12.1. The van der Waals surface area contributed by atoms with Crippen molar-refractivity contribution in [3.8, 4) is 0 Å².